The van der Waals surface area contributed by atoms with E-state index >= 15 is 0 Å². The molecule has 0 aliphatic heterocycles. The minimum atomic E-state index is -0.458. The minimum absolute atomic E-state index is 0.0684. The van der Waals surface area contributed by atoms with Gasteiger partial charge in [0.25, 0.3) is 0 Å². The summed E-state index contributed by atoms with van der Waals surface area (Å²) in [5.41, 5.74) is 1.06. The third-order valence-corrected chi connectivity index (χ3v) is 3.77. The number of H-pyrrole nitrogens is 1. The van der Waals surface area contributed by atoms with Crippen LogP contribution < -0.4 is 5.32 Å². The Kier molecular flexibility index (Phi) is 4.31. The fraction of sp³-hybridized carbons (Fsp3) is 0.273. The molecule has 0 aliphatic rings. The molecule has 0 spiro atoms. The smallest absolute Gasteiger partial charge is 0.148 e. The zero-order chi connectivity index (χ0) is 13.1. The zero-order valence-corrected chi connectivity index (χ0v) is 11.9. The molecular weight excluding hydrogens is 323 g/mol. The van der Waals surface area contributed by atoms with Crippen molar-refractivity contribution >= 4 is 27.5 Å². The molecule has 0 fully saturated rings. The highest BCUT2D eigenvalue weighted by molar-refractivity contribution is 9.10. The van der Waals surface area contributed by atoms with Crippen molar-refractivity contribution in [2.45, 2.75) is 13.0 Å². The van der Waals surface area contributed by atoms with Crippen LogP contribution in [0.5, 0.6) is 0 Å². The van der Waals surface area contributed by atoms with Crippen molar-refractivity contribution in [3.05, 3.63) is 44.9 Å². The quantitative estimate of drug-likeness (QED) is 0.846. The van der Waals surface area contributed by atoms with E-state index in [4.69, 9.17) is 11.6 Å². The molecule has 0 aliphatic carbocycles. The van der Waals surface area contributed by atoms with Crippen molar-refractivity contribution in [1.29, 1.82) is 0 Å². The van der Waals surface area contributed by atoms with Crippen LogP contribution in [-0.4, -0.2) is 22.0 Å². The first-order valence-corrected chi connectivity index (χ1v) is 6.54. The van der Waals surface area contributed by atoms with E-state index in [1.165, 1.54) is 0 Å². The molecule has 0 bridgehead atoms. The lowest BCUT2D eigenvalue weighted by Crippen LogP contribution is -2.23. The highest BCUT2D eigenvalue weighted by Gasteiger charge is 2.21. The first-order chi connectivity index (χ1) is 8.65. The maximum atomic E-state index is 14.2. The molecule has 4 nitrogen and oxygen atoms in total. The van der Waals surface area contributed by atoms with Crippen LogP contribution >= 0.6 is 27.5 Å². The molecular formula is C11H11BrClFN4. The third-order valence-electron chi connectivity index (χ3n) is 2.51. The van der Waals surface area contributed by atoms with Crippen molar-refractivity contribution in [2.24, 2.45) is 0 Å². The van der Waals surface area contributed by atoms with E-state index in [0.29, 0.717) is 22.3 Å². The van der Waals surface area contributed by atoms with E-state index in [1.807, 2.05) is 6.92 Å². The molecule has 1 aromatic carbocycles. The molecule has 0 saturated heterocycles. The van der Waals surface area contributed by atoms with Crippen LogP contribution in [0.1, 0.15) is 24.2 Å². The average Bonchev–Trinajstić information content (AvgIpc) is 2.88. The SMILES string of the molecule is CCNC(c1cn[nH]n1)c1ccc(Br)c(Cl)c1F. The molecule has 96 valence electrons. The summed E-state index contributed by atoms with van der Waals surface area (Å²) in [6.07, 6.45) is 1.56. The number of aromatic nitrogens is 3. The van der Waals surface area contributed by atoms with Crippen molar-refractivity contribution in [2.75, 3.05) is 6.54 Å². The normalized spacial score (nSPS) is 12.7. The van der Waals surface area contributed by atoms with Gasteiger partial charge >= 0.3 is 0 Å². The lowest BCUT2D eigenvalue weighted by Gasteiger charge is -2.17. The minimum Gasteiger partial charge on any atom is -0.305 e. The molecule has 2 N–H and O–H groups in total. The lowest BCUT2D eigenvalue weighted by atomic mass is 10.0. The number of nitrogens with one attached hydrogen (secondary N) is 2. The van der Waals surface area contributed by atoms with E-state index in [9.17, 15) is 4.39 Å². The average molecular weight is 334 g/mol. The highest BCUT2D eigenvalue weighted by atomic mass is 79.9. The lowest BCUT2D eigenvalue weighted by molar-refractivity contribution is 0.551. The maximum Gasteiger partial charge on any atom is 0.148 e. The van der Waals surface area contributed by atoms with Gasteiger partial charge in [0.1, 0.15) is 11.5 Å². The summed E-state index contributed by atoms with van der Waals surface area (Å²) in [6, 6.07) is 3.01. The number of hydrogen-bond acceptors (Lipinski definition) is 3. The Balaban J connectivity index is 2.47. The Hall–Kier alpha value is -0.980. The molecule has 2 rings (SSSR count). The number of benzene rings is 1. The van der Waals surface area contributed by atoms with Gasteiger partial charge in [-0.15, -0.1) is 0 Å². The standard InChI is InChI=1S/C11H11BrClFN4/c1-2-15-11(8-5-16-18-17-8)6-3-4-7(12)9(13)10(6)14/h3-5,11,15H,2H2,1H3,(H,16,17,18). The summed E-state index contributed by atoms with van der Waals surface area (Å²) >= 11 is 9.09. The topological polar surface area (TPSA) is 53.6 Å². The summed E-state index contributed by atoms with van der Waals surface area (Å²) in [5.74, 6) is -0.458. The summed E-state index contributed by atoms with van der Waals surface area (Å²) in [6.45, 7) is 2.61. The summed E-state index contributed by atoms with van der Waals surface area (Å²) in [4.78, 5) is 0. The highest BCUT2D eigenvalue weighted by Crippen LogP contribution is 2.32. The van der Waals surface area contributed by atoms with Crippen LogP contribution in [0.25, 0.3) is 0 Å². The van der Waals surface area contributed by atoms with Gasteiger partial charge in [-0.3, -0.25) is 0 Å². The largest absolute Gasteiger partial charge is 0.305 e. The number of rotatable bonds is 4. The fourth-order valence-corrected chi connectivity index (χ4v) is 2.17. The molecule has 0 saturated carbocycles. The number of nitrogens with zero attached hydrogens (tertiary/aromatic N) is 2. The predicted octanol–water partition coefficient (Wildman–Crippen LogP) is 3.06. The monoisotopic (exact) mass is 332 g/mol. The Morgan fingerprint density at radius 3 is 2.94 bits per heavy atom. The van der Waals surface area contributed by atoms with Gasteiger partial charge in [-0.25, -0.2) is 4.39 Å². The van der Waals surface area contributed by atoms with E-state index in [-0.39, 0.29) is 11.1 Å². The second-order valence-electron chi connectivity index (χ2n) is 3.65. The Morgan fingerprint density at radius 2 is 2.33 bits per heavy atom. The van der Waals surface area contributed by atoms with Gasteiger partial charge in [-0.05, 0) is 28.5 Å². The molecule has 2 aromatic rings. The molecule has 1 aromatic heterocycles. The van der Waals surface area contributed by atoms with Crippen molar-refractivity contribution in [1.82, 2.24) is 20.7 Å². The molecule has 1 unspecified atom stereocenters. The van der Waals surface area contributed by atoms with Gasteiger partial charge in [0.2, 0.25) is 0 Å². The van der Waals surface area contributed by atoms with Gasteiger partial charge in [0.15, 0.2) is 0 Å². The molecule has 0 amide bonds. The zero-order valence-electron chi connectivity index (χ0n) is 9.54. The number of halogens is 3. The van der Waals surface area contributed by atoms with E-state index in [2.05, 4.69) is 36.7 Å². The molecule has 7 heteroatoms. The van der Waals surface area contributed by atoms with E-state index < -0.39 is 5.82 Å². The number of hydrogen-bond donors (Lipinski definition) is 2. The van der Waals surface area contributed by atoms with E-state index in [0.717, 1.165) is 0 Å². The number of aromatic amines is 1. The van der Waals surface area contributed by atoms with Crippen molar-refractivity contribution in [3.63, 3.8) is 0 Å². The van der Waals surface area contributed by atoms with E-state index in [1.54, 1.807) is 18.3 Å². The van der Waals surface area contributed by atoms with Crippen molar-refractivity contribution in [3.8, 4) is 0 Å². The van der Waals surface area contributed by atoms with Crippen LogP contribution in [-0.2, 0) is 0 Å². The van der Waals surface area contributed by atoms with Gasteiger partial charge in [0, 0.05) is 10.0 Å². The van der Waals surface area contributed by atoms with Gasteiger partial charge in [-0.1, -0.05) is 24.6 Å². The Morgan fingerprint density at radius 1 is 1.56 bits per heavy atom. The Bertz CT molecular complexity index is 532. The molecule has 1 heterocycles. The maximum absolute atomic E-state index is 14.2. The molecule has 18 heavy (non-hydrogen) atoms. The van der Waals surface area contributed by atoms with Crippen LogP contribution in [0.3, 0.4) is 0 Å². The molecule has 1 atom stereocenters. The van der Waals surface area contributed by atoms with Gasteiger partial charge < -0.3 is 5.32 Å². The first kappa shape index (κ1) is 13.5. The van der Waals surface area contributed by atoms with Crippen molar-refractivity contribution < 1.29 is 4.39 Å². The second kappa shape index (κ2) is 5.77. The first-order valence-electron chi connectivity index (χ1n) is 5.37. The van der Waals surface area contributed by atoms with Crippen LogP contribution in [0.15, 0.2) is 22.8 Å². The second-order valence-corrected chi connectivity index (χ2v) is 4.88. The van der Waals surface area contributed by atoms with Crippen LogP contribution in [0.2, 0.25) is 5.02 Å². The third kappa shape index (κ3) is 2.55. The van der Waals surface area contributed by atoms with Crippen LogP contribution in [0, 0.1) is 5.82 Å². The Labute approximate surface area is 117 Å². The fourth-order valence-electron chi connectivity index (χ4n) is 1.69. The van der Waals surface area contributed by atoms with Crippen LogP contribution in [0.4, 0.5) is 4.39 Å². The summed E-state index contributed by atoms with van der Waals surface area (Å²) < 4.78 is 14.7. The predicted molar refractivity (Wildman–Crippen MR) is 71.0 cm³/mol. The van der Waals surface area contributed by atoms with Gasteiger partial charge in [-0.2, -0.15) is 15.4 Å². The molecule has 0 radical (unpaired) electrons. The van der Waals surface area contributed by atoms with Gasteiger partial charge in [0.05, 0.1) is 17.3 Å². The summed E-state index contributed by atoms with van der Waals surface area (Å²) in [7, 11) is 0. The summed E-state index contributed by atoms with van der Waals surface area (Å²) in [5, 5.41) is 13.5.